The lowest BCUT2D eigenvalue weighted by Gasteiger charge is -2.46. The van der Waals surface area contributed by atoms with Crippen molar-refractivity contribution in [2.45, 2.75) is 31.5 Å². The molecule has 2 aliphatic rings. The number of hydrogen-bond acceptors (Lipinski definition) is 5. The lowest BCUT2D eigenvalue weighted by atomic mass is 9.93. The molecule has 2 aromatic rings. The molecule has 8 nitrogen and oxygen atoms in total. The third kappa shape index (κ3) is 4.71. The number of piperidine rings is 1. The second-order valence-electron chi connectivity index (χ2n) is 7.88. The molecule has 2 fully saturated rings. The highest BCUT2D eigenvalue weighted by Gasteiger charge is 2.47. The number of benzene rings is 2. The number of urea groups is 1. The Morgan fingerprint density at radius 2 is 2.00 bits per heavy atom. The number of nitrogens with zero attached hydrogens (tertiary/aromatic N) is 2. The van der Waals surface area contributed by atoms with E-state index in [2.05, 4.69) is 10.6 Å². The maximum atomic E-state index is 13.3. The Bertz CT molecular complexity index is 1010. The fourth-order valence-corrected chi connectivity index (χ4v) is 4.30. The van der Waals surface area contributed by atoms with E-state index in [0.717, 1.165) is 12.0 Å². The maximum Gasteiger partial charge on any atom is 0.327 e. The molecule has 32 heavy (non-hydrogen) atoms. The van der Waals surface area contributed by atoms with E-state index in [1.807, 2.05) is 0 Å². The second kappa shape index (κ2) is 9.58. The van der Waals surface area contributed by atoms with Gasteiger partial charge in [-0.2, -0.15) is 0 Å². The number of halogens is 1. The fourth-order valence-electron chi connectivity index (χ4n) is 4.18. The normalized spacial score (nSPS) is 20.7. The van der Waals surface area contributed by atoms with E-state index in [1.165, 1.54) is 9.80 Å². The molecule has 2 heterocycles. The van der Waals surface area contributed by atoms with Crippen LogP contribution in [0.25, 0.3) is 0 Å². The van der Waals surface area contributed by atoms with Gasteiger partial charge in [-0.25, -0.2) is 4.79 Å². The summed E-state index contributed by atoms with van der Waals surface area (Å²) in [5, 5.41) is 6.62. The van der Waals surface area contributed by atoms with Crippen LogP contribution in [-0.4, -0.2) is 59.9 Å². The molecule has 0 aliphatic carbocycles. The predicted molar refractivity (Wildman–Crippen MR) is 121 cm³/mol. The van der Waals surface area contributed by atoms with Crippen molar-refractivity contribution in [1.29, 1.82) is 0 Å². The minimum Gasteiger partial charge on any atom is -0.497 e. The first-order chi connectivity index (χ1) is 15.5. The summed E-state index contributed by atoms with van der Waals surface area (Å²) in [5.74, 6) is 0.0175. The second-order valence-corrected chi connectivity index (χ2v) is 8.32. The Morgan fingerprint density at radius 3 is 2.75 bits per heavy atom. The van der Waals surface area contributed by atoms with Crippen LogP contribution in [0.4, 0.5) is 10.5 Å². The van der Waals surface area contributed by atoms with Crippen molar-refractivity contribution in [2.75, 3.05) is 25.5 Å². The molecule has 0 bridgehead atoms. The lowest BCUT2D eigenvalue weighted by Crippen LogP contribution is -2.70. The Labute approximate surface area is 191 Å². The first-order valence-corrected chi connectivity index (χ1v) is 10.9. The van der Waals surface area contributed by atoms with E-state index in [9.17, 15) is 14.4 Å². The zero-order chi connectivity index (χ0) is 22.7. The van der Waals surface area contributed by atoms with Crippen molar-refractivity contribution in [1.82, 2.24) is 15.1 Å². The summed E-state index contributed by atoms with van der Waals surface area (Å²) in [6.07, 6.45) is 1.49. The molecule has 2 unspecified atom stereocenters. The van der Waals surface area contributed by atoms with E-state index in [4.69, 9.17) is 16.3 Å². The Hall–Kier alpha value is -3.10. The maximum absolute atomic E-state index is 13.3. The molecule has 0 aromatic heterocycles. The van der Waals surface area contributed by atoms with Crippen LogP contribution in [0.1, 0.15) is 18.4 Å². The molecule has 2 saturated heterocycles. The number of fused-ring (bicyclic) bond motifs is 1. The van der Waals surface area contributed by atoms with E-state index in [-0.39, 0.29) is 30.9 Å². The van der Waals surface area contributed by atoms with Crippen molar-refractivity contribution in [3.8, 4) is 5.75 Å². The molecule has 0 spiro atoms. The molecular formula is C23H25ClN4O4. The lowest BCUT2D eigenvalue weighted by molar-refractivity contribution is -0.138. The van der Waals surface area contributed by atoms with E-state index < -0.39 is 12.1 Å². The largest absolute Gasteiger partial charge is 0.497 e. The summed E-state index contributed by atoms with van der Waals surface area (Å²) in [6.45, 7) is 0.663. The highest BCUT2D eigenvalue weighted by atomic mass is 35.5. The molecule has 0 saturated carbocycles. The van der Waals surface area contributed by atoms with E-state index in [0.29, 0.717) is 29.4 Å². The quantitative estimate of drug-likeness (QED) is 0.697. The van der Waals surface area contributed by atoms with Gasteiger partial charge in [-0.15, -0.1) is 0 Å². The monoisotopic (exact) mass is 456 g/mol. The van der Waals surface area contributed by atoms with Gasteiger partial charge in [0, 0.05) is 16.8 Å². The molecule has 2 atom stereocenters. The number of rotatable bonds is 6. The number of anilines is 1. The van der Waals surface area contributed by atoms with Crippen LogP contribution in [0.15, 0.2) is 48.5 Å². The number of amides is 4. The summed E-state index contributed by atoms with van der Waals surface area (Å²) < 4.78 is 5.19. The highest BCUT2D eigenvalue weighted by Crippen LogP contribution is 2.26. The van der Waals surface area contributed by atoms with Crippen molar-refractivity contribution >= 4 is 35.1 Å². The van der Waals surface area contributed by atoms with Gasteiger partial charge < -0.3 is 20.3 Å². The van der Waals surface area contributed by atoms with Crippen LogP contribution in [0, 0.1) is 0 Å². The van der Waals surface area contributed by atoms with Gasteiger partial charge in [0.1, 0.15) is 18.3 Å². The van der Waals surface area contributed by atoms with Crippen LogP contribution in [0.5, 0.6) is 5.75 Å². The first kappa shape index (κ1) is 22.1. The topological polar surface area (TPSA) is 91.0 Å². The number of imide groups is 1. The molecule has 9 heteroatoms. The minimum absolute atomic E-state index is 0.119. The number of hydrogen-bond donors (Lipinski definition) is 2. The van der Waals surface area contributed by atoms with Gasteiger partial charge in [-0.05, 0) is 49.2 Å². The summed E-state index contributed by atoms with van der Waals surface area (Å²) in [7, 11) is 1.55. The average molecular weight is 457 g/mol. The number of methoxy groups -OCH3 is 1. The van der Waals surface area contributed by atoms with Crippen molar-refractivity contribution in [2.24, 2.45) is 0 Å². The van der Waals surface area contributed by atoms with Crippen LogP contribution in [-0.2, 0) is 16.1 Å². The average Bonchev–Trinajstić information content (AvgIpc) is 2.81. The molecule has 2 N–H and O–H groups in total. The van der Waals surface area contributed by atoms with Gasteiger partial charge in [0.15, 0.2) is 0 Å². The van der Waals surface area contributed by atoms with Crippen LogP contribution >= 0.6 is 11.6 Å². The predicted octanol–water partition coefficient (Wildman–Crippen LogP) is 2.87. The van der Waals surface area contributed by atoms with Gasteiger partial charge in [-0.3, -0.25) is 14.5 Å². The van der Waals surface area contributed by atoms with Crippen molar-refractivity contribution in [3.63, 3.8) is 0 Å². The Balaban J connectivity index is 1.53. The number of nitrogens with one attached hydrogen (secondary N) is 2. The smallest absolute Gasteiger partial charge is 0.327 e. The molecule has 2 aliphatic heterocycles. The van der Waals surface area contributed by atoms with Crippen LogP contribution < -0.4 is 15.4 Å². The first-order valence-electron chi connectivity index (χ1n) is 10.5. The molecule has 168 valence electrons. The molecular weight excluding hydrogens is 432 g/mol. The zero-order valence-electron chi connectivity index (χ0n) is 17.7. The van der Waals surface area contributed by atoms with Crippen molar-refractivity contribution in [3.05, 3.63) is 59.1 Å². The van der Waals surface area contributed by atoms with Gasteiger partial charge in [0.2, 0.25) is 11.8 Å². The van der Waals surface area contributed by atoms with Gasteiger partial charge in [0.05, 0.1) is 19.7 Å². The van der Waals surface area contributed by atoms with Crippen LogP contribution in [0.3, 0.4) is 0 Å². The van der Waals surface area contributed by atoms with Crippen molar-refractivity contribution < 1.29 is 19.1 Å². The zero-order valence-corrected chi connectivity index (χ0v) is 18.5. The minimum atomic E-state index is -0.529. The third-order valence-electron chi connectivity index (χ3n) is 5.76. The van der Waals surface area contributed by atoms with Gasteiger partial charge >= 0.3 is 6.03 Å². The van der Waals surface area contributed by atoms with Gasteiger partial charge in [0.25, 0.3) is 0 Å². The Kier molecular flexibility index (Phi) is 6.62. The molecule has 2 aromatic carbocycles. The van der Waals surface area contributed by atoms with Crippen LogP contribution in [0.2, 0.25) is 5.02 Å². The highest BCUT2D eigenvalue weighted by molar-refractivity contribution is 6.30. The summed E-state index contributed by atoms with van der Waals surface area (Å²) in [4.78, 5) is 42.0. The summed E-state index contributed by atoms with van der Waals surface area (Å²) in [6, 6.07) is 12.7. The summed E-state index contributed by atoms with van der Waals surface area (Å²) >= 11 is 5.95. The van der Waals surface area contributed by atoms with E-state index >= 15 is 0 Å². The number of carbonyl (C=O) groups excluding carboxylic acids is 3. The summed E-state index contributed by atoms with van der Waals surface area (Å²) in [5.41, 5.74) is 1.36. The number of carbonyl (C=O) groups is 3. The van der Waals surface area contributed by atoms with E-state index in [1.54, 1.807) is 55.6 Å². The SMILES string of the molecule is COc1cccc(NC(=O)CN2C(=O)N(Cc3ccc(Cl)cc3)C(=O)C3NCCCC32)c1. The molecule has 0 radical (unpaired) electrons. The molecule has 4 rings (SSSR count). The van der Waals surface area contributed by atoms with Gasteiger partial charge in [-0.1, -0.05) is 29.8 Å². The third-order valence-corrected chi connectivity index (χ3v) is 6.01. The molecule has 4 amide bonds. The number of ether oxygens (including phenoxy) is 1. The Morgan fingerprint density at radius 1 is 1.22 bits per heavy atom. The fraction of sp³-hybridized carbons (Fsp3) is 0.348. The standard InChI is InChI=1S/C23H25ClN4O4/c1-32-18-5-2-4-17(12-18)26-20(29)14-27-19-6-3-11-25-21(19)22(30)28(23(27)31)13-15-7-9-16(24)10-8-15/h2,4-5,7-10,12,19,21,25H,3,6,11,13-14H2,1H3,(H,26,29).